The summed E-state index contributed by atoms with van der Waals surface area (Å²) in [6.07, 6.45) is 3.79. The van der Waals surface area contributed by atoms with Gasteiger partial charge in [0.25, 0.3) is 0 Å². The second-order valence-electron chi connectivity index (χ2n) is 15.9. The van der Waals surface area contributed by atoms with E-state index in [0.29, 0.717) is 31.3 Å². The second kappa shape index (κ2) is 12.0. The number of fused-ring (bicyclic) bond motifs is 4. The first-order valence-corrected chi connectivity index (χ1v) is 16.9. The first-order valence-electron chi connectivity index (χ1n) is 16.3. The molecule has 10 nitrogen and oxygen atoms in total. The Morgan fingerprint density at radius 3 is 2.41 bits per heavy atom. The molecule has 5 aliphatic rings. The molecule has 1 saturated heterocycles. The first kappa shape index (κ1) is 34.6. The highest BCUT2D eigenvalue weighted by Gasteiger charge is 2.67. The van der Waals surface area contributed by atoms with Crippen molar-refractivity contribution >= 4 is 18.3 Å². The lowest BCUT2D eigenvalue weighted by Crippen LogP contribution is -2.64. The van der Waals surface area contributed by atoms with Crippen molar-refractivity contribution in [2.75, 3.05) is 13.7 Å². The van der Waals surface area contributed by atoms with Gasteiger partial charge in [-0.05, 0) is 98.9 Å². The van der Waals surface area contributed by atoms with Crippen LogP contribution in [-0.2, 0) is 32.6 Å². The van der Waals surface area contributed by atoms with Crippen molar-refractivity contribution in [1.82, 2.24) is 0 Å². The number of carbonyl (C=O) groups is 1. The zero-order chi connectivity index (χ0) is 32.5. The fourth-order valence-electron chi connectivity index (χ4n) is 10.8. The van der Waals surface area contributed by atoms with Crippen LogP contribution in [0.25, 0.3) is 0 Å². The van der Waals surface area contributed by atoms with Gasteiger partial charge < -0.3 is 24.4 Å². The van der Waals surface area contributed by atoms with Crippen LogP contribution in [0.5, 0.6) is 0 Å². The van der Waals surface area contributed by atoms with Crippen molar-refractivity contribution in [3.05, 3.63) is 11.1 Å². The van der Waals surface area contributed by atoms with E-state index in [9.17, 15) is 15.0 Å². The van der Waals surface area contributed by atoms with Crippen LogP contribution in [0.15, 0.2) is 11.1 Å². The third kappa shape index (κ3) is 5.40. The Labute approximate surface area is 266 Å². The highest BCUT2D eigenvalue weighted by molar-refractivity contribution is 7.89. The number of carbonyl (C=O) groups excluding carboxylic acids is 1. The number of allylic oxidation sites excluding steroid dienone is 1. The van der Waals surface area contributed by atoms with E-state index in [2.05, 4.69) is 44.0 Å². The minimum absolute atomic E-state index is 0.144. The highest BCUT2D eigenvalue weighted by atomic mass is 32.2. The normalized spacial score (nSPS) is 43.6. The number of epoxide rings is 1. The van der Waals surface area contributed by atoms with E-state index in [1.54, 1.807) is 7.11 Å². The molecule has 0 amide bonds. The average molecular weight is 643 g/mol. The maximum atomic E-state index is 12.7. The zero-order valence-corrected chi connectivity index (χ0v) is 28.7. The van der Waals surface area contributed by atoms with E-state index in [4.69, 9.17) is 23.7 Å². The van der Waals surface area contributed by atoms with Crippen LogP contribution in [0.2, 0.25) is 0 Å². The molecule has 0 aromatic rings. The fourth-order valence-corrected chi connectivity index (χ4v) is 11.3. The molecule has 252 valence electrons. The van der Waals surface area contributed by atoms with Crippen LogP contribution < -0.4 is 0 Å². The summed E-state index contributed by atoms with van der Waals surface area (Å²) in [5, 5.41) is 35.6. The van der Waals surface area contributed by atoms with Crippen molar-refractivity contribution in [3.8, 4) is 0 Å². The Hall–Kier alpha value is -0.760. The largest absolute Gasteiger partial charge is 0.459 e. The molecule has 1 heterocycles. The third-order valence-corrected chi connectivity index (χ3v) is 13.5. The molecule has 2 saturated carbocycles. The summed E-state index contributed by atoms with van der Waals surface area (Å²) >= 11 is 0.583. The van der Waals surface area contributed by atoms with E-state index < -0.39 is 34.2 Å². The van der Waals surface area contributed by atoms with Crippen molar-refractivity contribution in [1.29, 1.82) is 0 Å². The average Bonchev–Trinajstić information content (AvgIpc) is 3.66. The van der Waals surface area contributed by atoms with Crippen molar-refractivity contribution < 1.29 is 48.0 Å². The van der Waals surface area contributed by atoms with E-state index in [1.165, 1.54) is 12.5 Å². The van der Waals surface area contributed by atoms with Gasteiger partial charge in [0.05, 0.1) is 18.3 Å². The number of hydrogen-bond donors (Lipinski definition) is 3. The van der Waals surface area contributed by atoms with E-state index in [-0.39, 0.29) is 41.3 Å². The molecule has 0 aromatic heterocycles. The van der Waals surface area contributed by atoms with Gasteiger partial charge >= 0.3 is 5.97 Å². The molecule has 0 spiro atoms. The van der Waals surface area contributed by atoms with Gasteiger partial charge in [0.1, 0.15) is 23.9 Å². The van der Waals surface area contributed by atoms with Crippen LogP contribution in [0.4, 0.5) is 0 Å². The van der Waals surface area contributed by atoms with Crippen LogP contribution in [0.1, 0.15) is 100 Å². The summed E-state index contributed by atoms with van der Waals surface area (Å²) in [6, 6.07) is 0. The van der Waals surface area contributed by atoms with Gasteiger partial charge in [0.15, 0.2) is 12.3 Å². The maximum absolute atomic E-state index is 12.7. The van der Waals surface area contributed by atoms with E-state index >= 15 is 0 Å². The SMILES string of the molecule is CO[C@@H]1C[C@]2(C)C3=C(CC[C@H]2C(C)(C)[C@H]1OSOOO)C1CC[C@H]([C@H](C)CCC2(C(C)(C)O)CO2)[C@@]1(C)[C@@H](OC(C)=O)[C@@H]3O. The standard InChI is InChI=1S/C33H54O10S/c1-18(14-15-33(17-39-33)30(5,6)36)21-11-12-22-20-10-13-24-29(3,4)27(41-44-43-42-37)23(38-9)16-31(24,7)25(20)26(35)28(32(21,22)8)40-19(2)34/h18,21-24,26-28,35-37H,10-17H2,1-9H3/t18-,21-,22?,23-,24+,26-,27+,28+,31+,32-,33?/m1/s1. The molecule has 4 aliphatic carbocycles. The van der Waals surface area contributed by atoms with Crippen molar-refractivity contribution in [2.24, 2.45) is 39.9 Å². The summed E-state index contributed by atoms with van der Waals surface area (Å²) in [7, 11) is 1.67. The van der Waals surface area contributed by atoms with E-state index in [1.807, 2.05) is 13.8 Å². The van der Waals surface area contributed by atoms with Gasteiger partial charge in [0, 0.05) is 19.4 Å². The topological polar surface area (TPSA) is 136 Å². The Morgan fingerprint density at radius 1 is 1.16 bits per heavy atom. The minimum atomic E-state index is -0.934. The molecule has 3 fully saturated rings. The molecular formula is C33H54O10S. The summed E-state index contributed by atoms with van der Waals surface area (Å²) in [6.45, 7) is 16.7. The Balaban J connectivity index is 1.50. The van der Waals surface area contributed by atoms with Gasteiger partial charge in [0.2, 0.25) is 0 Å². The molecule has 0 bridgehead atoms. The summed E-state index contributed by atoms with van der Waals surface area (Å²) < 4.78 is 28.5. The Kier molecular flexibility index (Phi) is 9.46. The molecule has 0 radical (unpaired) electrons. The number of aliphatic hydroxyl groups excluding tert-OH is 1. The van der Waals surface area contributed by atoms with Gasteiger partial charge in [-0.1, -0.05) is 45.2 Å². The van der Waals surface area contributed by atoms with Crippen molar-refractivity contribution in [2.45, 2.75) is 136 Å². The molecule has 2 unspecified atom stereocenters. The van der Waals surface area contributed by atoms with Gasteiger partial charge in [-0.25, -0.2) is 5.26 Å². The monoisotopic (exact) mass is 642 g/mol. The summed E-state index contributed by atoms with van der Waals surface area (Å²) in [5.74, 6) is 0.489. The number of ether oxygens (including phenoxy) is 3. The lowest BCUT2D eigenvalue weighted by atomic mass is 9.44. The first-order chi connectivity index (χ1) is 20.5. The number of methoxy groups -OCH3 is 1. The molecule has 44 heavy (non-hydrogen) atoms. The highest BCUT2D eigenvalue weighted by Crippen LogP contribution is 2.69. The van der Waals surface area contributed by atoms with Crippen LogP contribution in [-0.4, -0.2) is 70.8 Å². The molecule has 11 atom stereocenters. The van der Waals surface area contributed by atoms with Crippen molar-refractivity contribution in [3.63, 3.8) is 0 Å². The molecule has 11 heteroatoms. The number of aliphatic hydroxyl groups is 2. The molecule has 5 rings (SSSR count). The molecule has 0 aromatic carbocycles. The van der Waals surface area contributed by atoms with Crippen LogP contribution >= 0.6 is 12.3 Å². The zero-order valence-electron chi connectivity index (χ0n) is 27.9. The van der Waals surface area contributed by atoms with Gasteiger partial charge in [-0.2, -0.15) is 0 Å². The fraction of sp³-hybridized carbons (Fsp3) is 0.909. The van der Waals surface area contributed by atoms with E-state index in [0.717, 1.165) is 44.1 Å². The summed E-state index contributed by atoms with van der Waals surface area (Å²) in [5.41, 5.74) is -0.252. The van der Waals surface area contributed by atoms with Crippen LogP contribution in [0, 0.1) is 39.9 Å². The lowest BCUT2D eigenvalue weighted by Gasteiger charge is -2.63. The second-order valence-corrected chi connectivity index (χ2v) is 16.4. The summed E-state index contributed by atoms with van der Waals surface area (Å²) in [4.78, 5) is 12.7. The third-order valence-electron chi connectivity index (χ3n) is 13.1. The Morgan fingerprint density at radius 2 is 1.84 bits per heavy atom. The number of hydrogen-bond acceptors (Lipinski definition) is 11. The molecule has 3 N–H and O–H groups in total. The molecular weight excluding hydrogens is 588 g/mol. The minimum Gasteiger partial charge on any atom is -0.459 e. The van der Waals surface area contributed by atoms with Gasteiger partial charge in [-0.3, -0.25) is 8.98 Å². The molecule has 1 aliphatic heterocycles. The number of rotatable bonds is 11. The van der Waals surface area contributed by atoms with Crippen LogP contribution in [0.3, 0.4) is 0 Å². The Bertz CT molecular complexity index is 1110. The maximum Gasteiger partial charge on any atom is 0.303 e. The predicted octanol–water partition coefficient (Wildman–Crippen LogP) is 5.81. The van der Waals surface area contributed by atoms with Gasteiger partial charge in [-0.15, -0.1) is 4.33 Å². The lowest BCUT2D eigenvalue weighted by molar-refractivity contribution is -0.434. The number of esters is 1. The smallest absolute Gasteiger partial charge is 0.303 e. The quantitative estimate of drug-likeness (QED) is 0.0479. The predicted molar refractivity (Wildman–Crippen MR) is 164 cm³/mol.